The van der Waals surface area contributed by atoms with E-state index in [4.69, 9.17) is 5.73 Å². The van der Waals surface area contributed by atoms with E-state index in [9.17, 15) is 14.4 Å². The molecular formula is C18H24N4O3. The van der Waals surface area contributed by atoms with Crippen molar-refractivity contribution in [1.29, 1.82) is 0 Å². The van der Waals surface area contributed by atoms with Crippen LogP contribution in [-0.4, -0.2) is 47.2 Å². The number of rotatable bonds is 6. The number of nitrogens with one attached hydrogen (secondary N) is 2. The number of imide groups is 1. The summed E-state index contributed by atoms with van der Waals surface area (Å²) in [4.78, 5) is 41.2. The summed E-state index contributed by atoms with van der Waals surface area (Å²) in [5, 5.41) is 3.28. The van der Waals surface area contributed by atoms with E-state index in [1.807, 2.05) is 38.1 Å². The number of aromatic nitrogens is 1. The predicted octanol–water partition coefficient (Wildman–Crippen LogP) is 1.26. The quantitative estimate of drug-likeness (QED) is 0.733. The fourth-order valence-electron chi connectivity index (χ4n) is 2.62. The minimum Gasteiger partial charge on any atom is -0.358 e. The lowest BCUT2D eigenvalue weighted by Crippen LogP contribution is -2.50. The van der Waals surface area contributed by atoms with Crippen LogP contribution in [0.2, 0.25) is 0 Å². The molecule has 134 valence electrons. The molecule has 1 atom stereocenters. The van der Waals surface area contributed by atoms with Gasteiger partial charge in [0.15, 0.2) is 0 Å². The van der Waals surface area contributed by atoms with Gasteiger partial charge in [0.1, 0.15) is 12.2 Å². The minimum absolute atomic E-state index is 0.198. The third kappa shape index (κ3) is 4.45. The number of nitrogens with two attached hydrogens (primary N) is 1. The molecule has 2 rings (SSSR count). The highest BCUT2D eigenvalue weighted by molar-refractivity contribution is 6.09. The Morgan fingerprint density at radius 2 is 1.92 bits per heavy atom. The average Bonchev–Trinajstić information content (AvgIpc) is 3.01. The summed E-state index contributed by atoms with van der Waals surface area (Å²) < 4.78 is 0. The zero-order chi connectivity index (χ0) is 18.6. The van der Waals surface area contributed by atoms with Gasteiger partial charge in [-0.15, -0.1) is 0 Å². The Hall–Kier alpha value is -2.67. The molecule has 0 radical (unpaired) electrons. The summed E-state index contributed by atoms with van der Waals surface area (Å²) in [6.45, 7) is 3.51. The number of likely N-dealkylation sites (N-methyl/N-ethyl adjacent to an activating group) is 1. The summed E-state index contributed by atoms with van der Waals surface area (Å²) in [6.07, 6.45) is 0.434. The monoisotopic (exact) mass is 344 g/mol. The van der Waals surface area contributed by atoms with Crippen LogP contribution in [0.5, 0.6) is 0 Å². The molecular weight excluding hydrogens is 320 g/mol. The lowest BCUT2D eigenvalue weighted by molar-refractivity contribution is -0.134. The molecule has 3 amide bonds. The maximum Gasteiger partial charge on any atom is 0.277 e. The molecule has 0 spiro atoms. The van der Waals surface area contributed by atoms with Gasteiger partial charge < -0.3 is 16.0 Å². The Labute approximate surface area is 146 Å². The molecule has 2 aromatic rings. The highest BCUT2D eigenvalue weighted by Crippen LogP contribution is 2.17. The molecule has 4 N–H and O–H groups in total. The van der Waals surface area contributed by atoms with Crippen LogP contribution in [0.15, 0.2) is 30.3 Å². The molecule has 0 saturated heterocycles. The van der Waals surface area contributed by atoms with Crippen molar-refractivity contribution < 1.29 is 14.4 Å². The largest absolute Gasteiger partial charge is 0.358 e. The van der Waals surface area contributed by atoms with E-state index in [0.717, 1.165) is 15.8 Å². The van der Waals surface area contributed by atoms with Crippen LogP contribution in [0.4, 0.5) is 0 Å². The first kappa shape index (κ1) is 18.7. The van der Waals surface area contributed by atoms with Gasteiger partial charge in [0, 0.05) is 18.0 Å². The predicted molar refractivity (Wildman–Crippen MR) is 95.8 cm³/mol. The second-order valence-electron chi connectivity index (χ2n) is 6.41. The Morgan fingerprint density at radius 3 is 2.52 bits per heavy atom. The van der Waals surface area contributed by atoms with Gasteiger partial charge in [-0.05, 0) is 24.5 Å². The molecule has 1 aromatic heterocycles. The summed E-state index contributed by atoms with van der Waals surface area (Å²) >= 11 is 0. The number of carbonyl (C=O) groups excluding carboxylic acids is 3. The summed E-state index contributed by atoms with van der Waals surface area (Å²) in [5.41, 5.74) is 6.97. The number of hydrogen-bond acceptors (Lipinski definition) is 4. The number of carbonyl (C=O) groups is 3. The van der Waals surface area contributed by atoms with Crippen molar-refractivity contribution in [3.05, 3.63) is 36.0 Å². The van der Waals surface area contributed by atoms with Crippen LogP contribution in [0.25, 0.3) is 10.9 Å². The first-order valence-corrected chi connectivity index (χ1v) is 8.23. The third-order valence-corrected chi connectivity index (χ3v) is 3.89. The lowest BCUT2D eigenvalue weighted by atomic mass is 10.0. The van der Waals surface area contributed by atoms with Crippen molar-refractivity contribution in [1.82, 2.24) is 15.2 Å². The maximum atomic E-state index is 12.8. The number of para-hydroxylation sites is 1. The van der Waals surface area contributed by atoms with Crippen LogP contribution in [0.3, 0.4) is 0 Å². The van der Waals surface area contributed by atoms with Crippen molar-refractivity contribution in [3.8, 4) is 0 Å². The Balaban J connectivity index is 2.31. The van der Waals surface area contributed by atoms with E-state index in [1.165, 1.54) is 7.05 Å². The van der Waals surface area contributed by atoms with Crippen LogP contribution in [0, 0.1) is 5.92 Å². The average molecular weight is 344 g/mol. The highest BCUT2D eigenvalue weighted by atomic mass is 16.2. The van der Waals surface area contributed by atoms with Gasteiger partial charge in [0.25, 0.3) is 5.91 Å². The molecule has 0 aliphatic rings. The maximum absolute atomic E-state index is 12.8. The number of aromatic amines is 1. The van der Waals surface area contributed by atoms with Gasteiger partial charge in [-0.25, -0.2) is 0 Å². The molecule has 0 bridgehead atoms. The van der Waals surface area contributed by atoms with E-state index in [1.54, 1.807) is 6.07 Å². The normalized spacial score (nSPS) is 12.2. The summed E-state index contributed by atoms with van der Waals surface area (Å²) in [5.74, 6) is -1.36. The standard InChI is InChI=1S/C18H24N4O3/c1-11(2)8-13(19)17(24)22(10-16(23)20-3)18(25)15-9-12-6-4-5-7-14(12)21-15/h4-7,9,11,13,21H,8,10,19H2,1-3H3,(H,20,23)/t13-/m0/s1. The molecule has 7 heteroatoms. The van der Waals surface area contributed by atoms with Gasteiger partial charge in [0.05, 0.1) is 6.04 Å². The summed E-state index contributed by atoms with van der Waals surface area (Å²) in [6, 6.07) is 8.23. The van der Waals surface area contributed by atoms with Crippen LogP contribution in [-0.2, 0) is 9.59 Å². The first-order valence-electron chi connectivity index (χ1n) is 8.23. The molecule has 0 aliphatic carbocycles. The smallest absolute Gasteiger partial charge is 0.277 e. The second-order valence-corrected chi connectivity index (χ2v) is 6.41. The Morgan fingerprint density at radius 1 is 1.24 bits per heavy atom. The van der Waals surface area contributed by atoms with E-state index >= 15 is 0 Å². The van der Waals surface area contributed by atoms with Gasteiger partial charge >= 0.3 is 0 Å². The van der Waals surface area contributed by atoms with Crippen molar-refractivity contribution in [2.24, 2.45) is 11.7 Å². The number of H-pyrrole nitrogens is 1. The topological polar surface area (TPSA) is 108 Å². The number of amides is 3. The Kier molecular flexibility index (Phi) is 5.93. The molecule has 0 aliphatic heterocycles. The number of fused-ring (bicyclic) bond motifs is 1. The van der Waals surface area contributed by atoms with Crippen molar-refractivity contribution in [2.75, 3.05) is 13.6 Å². The SMILES string of the molecule is CNC(=O)CN(C(=O)c1cc2ccccc2[nH]1)C(=O)[C@@H](N)CC(C)C. The fourth-order valence-corrected chi connectivity index (χ4v) is 2.62. The van der Waals surface area contributed by atoms with Crippen molar-refractivity contribution in [2.45, 2.75) is 26.3 Å². The van der Waals surface area contributed by atoms with Crippen molar-refractivity contribution >= 4 is 28.6 Å². The molecule has 0 saturated carbocycles. The molecule has 0 unspecified atom stereocenters. The lowest BCUT2D eigenvalue weighted by Gasteiger charge is -2.23. The highest BCUT2D eigenvalue weighted by Gasteiger charge is 2.30. The van der Waals surface area contributed by atoms with E-state index in [2.05, 4.69) is 10.3 Å². The third-order valence-electron chi connectivity index (χ3n) is 3.89. The van der Waals surface area contributed by atoms with E-state index < -0.39 is 23.8 Å². The molecule has 25 heavy (non-hydrogen) atoms. The second kappa shape index (κ2) is 7.94. The number of hydrogen-bond donors (Lipinski definition) is 3. The van der Waals surface area contributed by atoms with Crippen LogP contribution < -0.4 is 11.1 Å². The van der Waals surface area contributed by atoms with Crippen molar-refractivity contribution in [3.63, 3.8) is 0 Å². The van der Waals surface area contributed by atoms with Gasteiger partial charge in [-0.2, -0.15) is 0 Å². The number of nitrogens with zero attached hydrogens (tertiary/aromatic N) is 1. The number of benzene rings is 1. The Bertz CT molecular complexity index is 748. The fraction of sp³-hybridized carbons (Fsp3) is 0.389. The molecule has 7 nitrogen and oxygen atoms in total. The first-order chi connectivity index (χ1) is 11.8. The molecule has 1 heterocycles. The molecule has 1 aromatic carbocycles. The van der Waals surface area contributed by atoms with Crippen LogP contribution in [0.1, 0.15) is 30.8 Å². The van der Waals surface area contributed by atoms with Gasteiger partial charge in [-0.1, -0.05) is 32.0 Å². The van der Waals surface area contributed by atoms with Crippen LogP contribution >= 0.6 is 0 Å². The van der Waals surface area contributed by atoms with E-state index in [-0.39, 0.29) is 18.2 Å². The zero-order valence-corrected chi connectivity index (χ0v) is 14.7. The minimum atomic E-state index is -0.835. The van der Waals surface area contributed by atoms with Gasteiger partial charge in [-0.3, -0.25) is 19.3 Å². The van der Waals surface area contributed by atoms with Gasteiger partial charge in [0.2, 0.25) is 11.8 Å². The zero-order valence-electron chi connectivity index (χ0n) is 14.7. The summed E-state index contributed by atoms with van der Waals surface area (Å²) in [7, 11) is 1.45. The molecule has 0 fully saturated rings. The van der Waals surface area contributed by atoms with E-state index in [0.29, 0.717) is 6.42 Å².